The van der Waals surface area contributed by atoms with Crippen molar-refractivity contribution in [1.82, 2.24) is 0 Å². The van der Waals surface area contributed by atoms with E-state index in [-0.39, 0.29) is 17.4 Å². The first kappa shape index (κ1) is 18.5. The molecule has 0 aromatic carbocycles. The zero-order chi connectivity index (χ0) is 17.4. The van der Waals surface area contributed by atoms with Gasteiger partial charge in [-0.3, -0.25) is 4.79 Å². The topological polar surface area (TPSA) is 57.5 Å². The lowest BCUT2D eigenvalue weighted by molar-refractivity contribution is -0.192. The van der Waals surface area contributed by atoms with E-state index in [1.807, 2.05) is 13.0 Å². The van der Waals surface area contributed by atoms with E-state index in [0.29, 0.717) is 30.6 Å². The number of allylic oxidation sites excluding steroid dienone is 1. The van der Waals surface area contributed by atoms with Gasteiger partial charge in [0.25, 0.3) is 0 Å². The summed E-state index contributed by atoms with van der Waals surface area (Å²) < 4.78 is 0. The minimum Gasteiger partial charge on any atom is -0.481 e. The predicted octanol–water partition coefficient (Wildman–Crippen LogP) is 4.50. The highest BCUT2D eigenvalue weighted by Crippen LogP contribution is 2.62. The molecular formula is C20H34O3. The van der Waals surface area contributed by atoms with Crippen LogP contribution in [0.25, 0.3) is 0 Å². The molecule has 0 amide bonds. The number of carboxylic acids is 1. The number of rotatable bonds is 5. The Hall–Kier alpha value is -0.830. The van der Waals surface area contributed by atoms with Crippen molar-refractivity contribution >= 4 is 5.97 Å². The van der Waals surface area contributed by atoms with Crippen molar-refractivity contribution in [3.05, 3.63) is 12.7 Å². The van der Waals surface area contributed by atoms with Gasteiger partial charge in [0.2, 0.25) is 0 Å². The maximum Gasteiger partial charge on any atom is 0.309 e. The Morgan fingerprint density at radius 1 is 1.35 bits per heavy atom. The summed E-state index contributed by atoms with van der Waals surface area (Å²) in [6.07, 6.45) is 6.92. The van der Waals surface area contributed by atoms with Gasteiger partial charge in [-0.15, -0.1) is 6.58 Å². The standard InChI is InChI=1S/C20H34O3/c1-6-13(2)7-9-15-14(3)8-10-16-19(4,18(22)23)12-11-17(21)20(15,16)5/h6,13-17,21H,1,7-12H2,2-5H3,(H,22,23)/t13-,14+,15+,16+,17?,19?,20-/m1/s1. The van der Waals surface area contributed by atoms with Crippen LogP contribution < -0.4 is 0 Å². The van der Waals surface area contributed by atoms with Crippen molar-refractivity contribution in [2.75, 3.05) is 0 Å². The zero-order valence-corrected chi connectivity index (χ0v) is 15.2. The maximum absolute atomic E-state index is 12.0. The molecule has 2 fully saturated rings. The maximum atomic E-state index is 12.0. The number of hydrogen-bond acceptors (Lipinski definition) is 2. The largest absolute Gasteiger partial charge is 0.481 e. The highest BCUT2D eigenvalue weighted by Gasteiger charge is 2.61. The lowest BCUT2D eigenvalue weighted by atomic mass is 9.44. The van der Waals surface area contributed by atoms with E-state index in [0.717, 1.165) is 25.7 Å². The number of aliphatic hydroxyl groups excluding tert-OH is 1. The van der Waals surface area contributed by atoms with Crippen molar-refractivity contribution in [2.24, 2.45) is 34.5 Å². The van der Waals surface area contributed by atoms with Crippen molar-refractivity contribution in [2.45, 2.75) is 72.3 Å². The number of hydrogen-bond donors (Lipinski definition) is 2. The summed E-state index contributed by atoms with van der Waals surface area (Å²) in [5, 5.41) is 20.7. The van der Waals surface area contributed by atoms with Gasteiger partial charge < -0.3 is 10.2 Å². The van der Waals surface area contributed by atoms with Crippen LogP contribution in [0.2, 0.25) is 0 Å². The molecule has 0 aromatic heterocycles. The normalized spacial score (nSPS) is 45.1. The number of carbonyl (C=O) groups is 1. The average molecular weight is 322 g/mol. The molecule has 0 bridgehead atoms. The Morgan fingerprint density at radius 3 is 2.57 bits per heavy atom. The van der Waals surface area contributed by atoms with Gasteiger partial charge >= 0.3 is 5.97 Å². The lowest BCUT2D eigenvalue weighted by Gasteiger charge is -2.60. The summed E-state index contributed by atoms with van der Waals surface area (Å²) in [6.45, 7) is 12.4. The molecule has 132 valence electrons. The van der Waals surface area contributed by atoms with Gasteiger partial charge in [-0.1, -0.05) is 33.3 Å². The van der Waals surface area contributed by atoms with Crippen molar-refractivity contribution in [1.29, 1.82) is 0 Å². The van der Waals surface area contributed by atoms with Crippen LogP contribution in [-0.4, -0.2) is 22.3 Å². The van der Waals surface area contributed by atoms with E-state index in [1.165, 1.54) is 0 Å². The highest BCUT2D eigenvalue weighted by molar-refractivity contribution is 5.75. The van der Waals surface area contributed by atoms with Crippen molar-refractivity contribution in [3.8, 4) is 0 Å². The van der Waals surface area contributed by atoms with Crippen LogP contribution in [-0.2, 0) is 4.79 Å². The van der Waals surface area contributed by atoms with Gasteiger partial charge in [0.05, 0.1) is 11.5 Å². The summed E-state index contributed by atoms with van der Waals surface area (Å²) >= 11 is 0. The molecule has 0 aliphatic heterocycles. The minimum absolute atomic E-state index is 0.0662. The summed E-state index contributed by atoms with van der Waals surface area (Å²) in [4.78, 5) is 12.0. The van der Waals surface area contributed by atoms with Crippen molar-refractivity contribution in [3.63, 3.8) is 0 Å². The minimum atomic E-state index is -0.698. The molecule has 2 rings (SSSR count). The van der Waals surface area contributed by atoms with E-state index in [4.69, 9.17) is 0 Å². The Morgan fingerprint density at radius 2 is 2.00 bits per heavy atom. The number of carboxylic acid groups (broad SMARTS) is 1. The number of aliphatic hydroxyl groups is 1. The summed E-state index contributed by atoms with van der Waals surface area (Å²) in [7, 11) is 0. The second-order valence-corrected chi connectivity index (χ2v) is 8.65. The molecule has 2 N–H and O–H groups in total. The lowest BCUT2D eigenvalue weighted by Crippen LogP contribution is -2.60. The first-order valence-corrected chi connectivity index (χ1v) is 9.22. The molecular weight excluding hydrogens is 288 g/mol. The van der Waals surface area contributed by atoms with Gasteiger partial charge in [0.1, 0.15) is 0 Å². The second kappa shape index (κ2) is 6.58. The Labute approximate surface area is 141 Å². The molecule has 7 atom stereocenters. The SMILES string of the molecule is C=C[C@@H](C)CC[C@H]1[C@@H](C)CC[C@H]2C(C)(C(=O)O)CCC(O)[C@]12C. The summed E-state index contributed by atoms with van der Waals surface area (Å²) in [6, 6.07) is 0. The molecule has 2 aliphatic rings. The average Bonchev–Trinajstić information content (AvgIpc) is 2.50. The molecule has 0 aromatic rings. The van der Waals surface area contributed by atoms with E-state index >= 15 is 0 Å². The smallest absolute Gasteiger partial charge is 0.309 e. The molecule has 0 saturated heterocycles. The summed E-state index contributed by atoms with van der Waals surface area (Å²) in [5.41, 5.74) is -0.986. The highest BCUT2D eigenvalue weighted by atomic mass is 16.4. The van der Waals surface area contributed by atoms with Crippen molar-refractivity contribution < 1.29 is 15.0 Å². The van der Waals surface area contributed by atoms with Crippen LogP contribution in [0.4, 0.5) is 0 Å². The van der Waals surface area contributed by atoms with Gasteiger partial charge in [-0.05, 0) is 62.7 Å². The third-order valence-corrected chi connectivity index (χ3v) is 7.40. The molecule has 23 heavy (non-hydrogen) atoms. The van der Waals surface area contributed by atoms with Gasteiger partial charge in [0.15, 0.2) is 0 Å². The van der Waals surface area contributed by atoms with E-state index < -0.39 is 11.4 Å². The molecule has 2 aliphatic carbocycles. The molecule has 0 radical (unpaired) electrons. The van der Waals surface area contributed by atoms with Gasteiger partial charge in [-0.25, -0.2) is 0 Å². The Kier molecular flexibility index (Phi) is 5.30. The fraction of sp³-hybridized carbons (Fsp3) is 0.850. The molecule has 0 spiro atoms. The Bertz CT molecular complexity index is 460. The molecule has 3 heteroatoms. The molecule has 3 nitrogen and oxygen atoms in total. The van der Waals surface area contributed by atoms with Gasteiger partial charge in [-0.2, -0.15) is 0 Å². The molecule has 0 heterocycles. The fourth-order valence-electron chi connectivity index (χ4n) is 5.63. The number of aliphatic carboxylic acids is 1. The van der Waals surface area contributed by atoms with Crippen LogP contribution in [0.15, 0.2) is 12.7 Å². The van der Waals surface area contributed by atoms with Crippen LogP contribution in [0.3, 0.4) is 0 Å². The van der Waals surface area contributed by atoms with E-state index in [9.17, 15) is 15.0 Å². The number of fused-ring (bicyclic) bond motifs is 1. The molecule has 2 saturated carbocycles. The van der Waals surface area contributed by atoms with E-state index in [2.05, 4.69) is 27.4 Å². The van der Waals surface area contributed by atoms with Gasteiger partial charge in [0, 0.05) is 5.41 Å². The van der Waals surface area contributed by atoms with E-state index in [1.54, 1.807) is 0 Å². The predicted molar refractivity (Wildman–Crippen MR) is 93.1 cm³/mol. The first-order valence-electron chi connectivity index (χ1n) is 9.22. The van der Waals surface area contributed by atoms with Crippen LogP contribution in [0, 0.1) is 34.5 Å². The zero-order valence-electron chi connectivity index (χ0n) is 15.2. The third-order valence-electron chi connectivity index (χ3n) is 7.40. The second-order valence-electron chi connectivity index (χ2n) is 8.65. The third kappa shape index (κ3) is 2.97. The summed E-state index contributed by atoms with van der Waals surface area (Å²) in [5.74, 6) is 0.777. The van der Waals surface area contributed by atoms with Crippen LogP contribution >= 0.6 is 0 Å². The van der Waals surface area contributed by atoms with Crippen LogP contribution in [0.5, 0.6) is 0 Å². The van der Waals surface area contributed by atoms with Crippen LogP contribution in [0.1, 0.15) is 66.2 Å². The molecule has 2 unspecified atom stereocenters. The fourth-order valence-corrected chi connectivity index (χ4v) is 5.63. The quantitative estimate of drug-likeness (QED) is 0.733. The first-order chi connectivity index (χ1) is 10.7. The Balaban J connectivity index is 2.34. The monoisotopic (exact) mass is 322 g/mol.